The molecule has 0 unspecified atom stereocenters. The molecule has 0 aromatic heterocycles. The van der Waals surface area contributed by atoms with Gasteiger partial charge in [-0.3, -0.25) is 14.4 Å². The van der Waals surface area contributed by atoms with Crippen molar-refractivity contribution in [1.82, 2.24) is 5.32 Å². The Bertz CT molecular complexity index is 848. The van der Waals surface area contributed by atoms with Crippen LogP contribution in [0.5, 0.6) is 0 Å². The number of rotatable bonds is 8. The minimum atomic E-state index is -0.675. The lowest BCUT2D eigenvalue weighted by Crippen LogP contribution is -2.32. The van der Waals surface area contributed by atoms with E-state index in [2.05, 4.69) is 24.5 Å². The summed E-state index contributed by atoms with van der Waals surface area (Å²) in [5, 5.41) is 5.26. The maximum atomic E-state index is 12.1. The van der Waals surface area contributed by atoms with Gasteiger partial charge in [0, 0.05) is 11.3 Å². The van der Waals surface area contributed by atoms with E-state index in [1.54, 1.807) is 18.2 Å². The number of carbonyl (C=O) groups is 3. The molecular formula is C22H26N2O4. The molecule has 0 bridgehead atoms. The van der Waals surface area contributed by atoms with Gasteiger partial charge in [-0.25, -0.2) is 0 Å². The molecule has 0 saturated carbocycles. The van der Waals surface area contributed by atoms with Crippen molar-refractivity contribution in [2.45, 2.75) is 33.1 Å². The Balaban J connectivity index is 1.80. The largest absolute Gasteiger partial charge is 0.454 e. The molecule has 0 fully saturated rings. The van der Waals surface area contributed by atoms with Crippen molar-refractivity contribution < 1.29 is 19.1 Å². The van der Waals surface area contributed by atoms with Crippen molar-refractivity contribution in [3.63, 3.8) is 0 Å². The van der Waals surface area contributed by atoms with E-state index < -0.39 is 18.5 Å². The Morgan fingerprint density at radius 1 is 1.07 bits per heavy atom. The molecule has 6 nitrogen and oxygen atoms in total. The third-order valence-corrected chi connectivity index (χ3v) is 4.42. The number of esters is 1. The molecule has 0 aliphatic rings. The van der Waals surface area contributed by atoms with Crippen molar-refractivity contribution in [3.8, 4) is 0 Å². The second-order valence-electron chi connectivity index (χ2n) is 6.66. The van der Waals surface area contributed by atoms with E-state index in [1.807, 2.05) is 37.3 Å². The van der Waals surface area contributed by atoms with E-state index in [-0.39, 0.29) is 12.5 Å². The summed E-state index contributed by atoms with van der Waals surface area (Å²) in [7, 11) is 0. The molecule has 0 spiro atoms. The lowest BCUT2D eigenvalue weighted by atomic mass is 9.97. The summed E-state index contributed by atoms with van der Waals surface area (Å²) in [5.74, 6) is -1.16. The van der Waals surface area contributed by atoms with Crippen LogP contribution in [0, 0.1) is 6.92 Å². The summed E-state index contributed by atoms with van der Waals surface area (Å²) in [5.41, 5.74) is 3.16. The van der Waals surface area contributed by atoms with Crippen LogP contribution < -0.4 is 10.6 Å². The molecule has 2 aromatic rings. The first-order valence-electron chi connectivity index (χ1n) is 9.30. The molecule has 2 aromatic carbocycles. The van der Waals surface area contributed by atoms with E-state index in [4.69, 9.17) is 4.74 Å². The fourth-order valence-electron chi connectivity index (χ4n) is 2.68. The highest BCUT2D eigenvalue weighted by molar-refractivity contribution is 5.97. The molecule has 0 aliphatic heterocycles. The molecule has 0 saturated heterocycles. The summed E-state index contributed by atoms with van der Waals surface area (Å²) in [6.45, 7) is 5.33. The maximum Gasteiger partial charge on any atom is 0.325 e. The summed E-state index contributed by atoms with van der Waals surface area (Å²) in [6, 6.07) is 14.6. The zero-order valence-corrected chi connectivity index (χ0v) is 16.5. The lowest BCUT2D eigenvalue weighted by molar-refractivity contribution is -0.146. The summed E-state index contributed by atoms with van der Waals surface area (Å²) < 4.78 is 4.95. The van der Waals surface area contributed by atoms with Gasteiger partial charge in [-0.2, -0.15) is 0 Å². The van der Waals surface area contributed by atoms with E-state index in [0.717, 1.165) is 17.5 Å². The standard InChI is InChI=1S/C22H26N2O4/c1-4-16(3)18-10-5-6-11-19(18)24-20(25)14-28-21(26)13-23-22(27)17-9-7-8-15(2)12-17/h5-12,16H,4,13-14H2,1-3H3,(H,23,27)(H,24,25)/t16-/m0/s1. The Morgan fingerprint density at radius 2 is 1.82 bits per heavy atom. The van der Waals surface area contributed by atoms with Gasteiger partial charge in [-0.15, -0.1) is 0 Å². The minimum Gasteiger partial charge on any atom is -0.454 e. The number of anilines is 1. The highest BCUT2D eigenvalue weighted by Gasteiger charge is 2.13. The van der Waals surface area contributed by atoms with Gasteiger partial charge in [0.15, 0.2) is 6.61 Å². The number of ether oxygens (including phenoxy) is 1. The van der Waals surface area contributed by atoms with Crippen molar-refractivity contribution in [2.24, 2.45) is 0 Å². The highest BCUT2D eigenvalue weighted by atomic mass is 16.5. The molecular weight excluding hydrogens is 356 g/mol. The minimum absolute atomic E-state index is 0.302. The smallest absolute Gasteiger partial charge is 0.325 e. The fraction of sp³-hybridized carbons (Fsp3) is 0.318. The van der Waals surface area contributed by atoms with Crippen LogP contribution in [0.4, 0.5) is 5.69 Å². The van der Waals surface area contributed by atoms with Crippen LogP contribution >= 0.6 is 0 Å². The fourth-order valence-corrected chi connectivity index (χ4v) is 2.68. The van der Waals surface area contributed by atoms with Gasteiger partial charge in [0.2, 0.25) is 0 Å². The summed E-state index contributed by atoms with van der Waals surface area (Å²) >= 11 is 0. The molecule has 0 aliphatic carbocycles. The molecule has 2 amide bonds. The first-order valence-corrected chi connectivity index (χ1v) is 9.30. The van der Waals surface area contributed by atoms with Crippen molar-refractivity contribution in [2.75, 3.05) is 18.5 Å². The zero-order chi connectivity index (χ0) is 20.5. The Kier molecular flexibility index (Phi) is 7.75. The third kappa shape index (κ3) is 6.23. The van der Waals surface area contributed by atoms with Gasteiger partial charge in [-0.1, -0.05) is 49.7 Å². The second kappa shape index (κ2) is 10.3. The average Bonchev–Trinajstić information content (AvgIpc) is 2.70. The van der Waals surface area contributed by atoms with Crippen molar-refractivity contribution in [1.29, 1.82) is 0 Å². The predicted octanol–water partition coefficient (Wildman–Crippen LogP) is 3.42. The summed E-state index contributed by atoms with van der Waals surface area (Å²) in [4.78, 5) is 35.9. The second-order valence-corrected chi connectivity index (χ2v) is 6.66. The molecule has 2 N–H and O–H groups in total. The molecule has 148 valence electrons. The number of nitrogens with one attached hydrogen (secondary N) is 2. The van der Waals surface area contributed by atoms with Crippen molar-refractivity contribution >= 4 is 23.5 Å². The number of amides is 2. The number of benzene rings is 2. The van der Waals surface area contributed by atoms with E-state index in [1.165, 1.54) is 0 Å². The van der Waals surface area contributed by atoms with Crippen molar-refractivity contribution in [3.05, 3.63) is 65.2 Å². The van der Waals surface area contributed by atoms with Gasteiger partial charge in [0.05, 0.1) is 0 Å². The summed E-state index contributed by atoms with van der Waals surface area (Å²) in [6.07, 6.45) is 0.947. The molecule has 6 heteroatoms. The number of para-hydroxylation sites is 1. The van der Waals surface area contributed by atoms with E-state index in [9.17, 15) is 14.4 Å². The number of aryl methyl sites for hydroxylation is 1. The van der Waals surface area contributed by atoms with Gasteiger partial charge >= 0.3 is 5.97 Å². The van der Waals surface area contributed by atoms with Gasteiger partial charge in [0.1, 0.15) is 6.54 Å². The third-order valence-electron chi connectivity index (χ3n) is 4.42. The Morgan fingerprint density at radius 3 is 2.54 bits per heavy atom. The van der Waals surface area contributed by atoms with E-state index >= 15 is 0 Å². The number of carbonyl (C=O) groups excluding carboxylic acids is 3. The van der Waals surface area contributed by atoms with Gasteiger partial charge in [0.25, 0.3) is 11.8 Å². The van der Waals surface area contributed by atoms with Crippen LogP contribution in [0.25, 0.3) is 0 Å². The molecule has 0 radical (unpaired) electrons. The van der Waals surface area contributed by atoms with Gasteiger partial charge < -0.3 is 15.4 Å². The lowest BCUT2D eigenvalue weighted by Gasteiger charge is -2.15. The van der Waals surface area contributed by atoms with Gasteiger partial charge in [-0.05, 0) is 43.0 Å². The van der Waals surface area contributed by atoms with Crippen LogP contribution in [-0.4, -0.2) is 30.9 Å². The predicted molar refractivity (Wildman–Crippen MR) is 108 cm³/mol. The molecule has 0 heterocycles. The monoisotopic (exact) mass is 382 g/mol. The quantitative estimate of drug-likeness (QED) is 0.685. The normalized spacial score (nSPS) is 11.4. The highest BCUT2D eigenvalue weighted by Crippen LogP contribution is 2.26. The first kappa shape index (κ1) is 21.2. The number of hydrogen-bond acceptors (Lipinski definition) is 4. The van der Waals surface area contributed by atoms with Crippen LogP contribution in [0.15, 0.2) is 48.5 Å². The zero-order valence-electron chi connectivity index (χ0n) is 16.5. The van der Waals surface area contributed by atoms with Crippen LogP contribution in [-0.2, 0) is 14.3 Å². The SMILES string of the molecule is CC[C@H](C)c1ccccc1NC(=O)COC(=O)CNC(=O)c1cccc(C)c1. The molecule has 2 rings (SSSR count). The number of hydrogen-bond donors (Lipinski definition) is 2. The first-order chi connectivity index (χ1) is 13.4. The molecule has 1 atom stereocenters. The van der Waals surface area contributed by atoms with Crippen LogP contribution in [0.3, 0.4) is 0 Å². The topological polar surface area (TPSA) is 84.5 Å². The van der Waals surface area contributed by atoms with E-state index in [0.29, 0.717) is 17.2 Å². The molecule has 28 heavy (non-hydrogen) atoms. The van der Waals surface area contributed by atoms with Crippen LogP contribution in [0.1, 0.15) is 47.7 Å². The Labute approximate surface area is 165 Å². The average molecular weight is 382 g/mol. The maximum absolute atomic E-state index is 12.1. The van der Waals surface area contributed by atoms with Crippen LogP contribution in [0.2, 0.25) is 0 Å². The Hall–Kier alpha value is -3.15.